The third kappa shape index (κ3) is 5.52. The summed E-state index contributed by atoms with van der Waals surface area (Å²) >= 11 is 1.12. The molecule has 0 heterocycles. The second-order valence-electron chi connectivity index (χ2n) is 6.79. The molecule has 10 heteroatoms. The van der Waals surface area contributed by atoms with E-state index in [0.717, 1.165) is 17.5 Å². The monoisotopic (exact) mass is 486 g/mol. The zero-order valence-electron chi connectivity index (χ0n) is 19.0. The van der Waals surface area contributed by atoms with E-state index in [9.17, 15) is 10.1 Å². The standard InChI is InChI=1S/C24H23FN2O6S/c1-30-19-12-7-16(6-5-15-13-20(31-2)24(33-4)21(14-15)32-3)23(22(19)25)26-34-18-10-8-17(9-11-18)27(28)29/h5-14,26H,1-4H3/b6-5-. The number of methoxy groups -OCH3 is 4. The number of anilines is 1. The Balaban J connectivity index is 1.92. The van der Waals surface area contributed by atoms with Crippen molar-refractivity contribution < 1.29 is 28.3 Å². The number of hydrogen-bond acceptors (Lipinski definition) is 8. The Morgan fingerprint density at radius 2 is 1.50 bits per heavy atom. The minimum atomic E-state index is -0.566. The van der Waals surface area contributed by atoms with Crippen LogP contribution in [0.25, 0.3) is 12.2 Å². The SMILES string of the molecule is COc1ccc(/C=C\c2cc(OC)c(OC)c(OC)c2)c(NSc2ccc([N+](=O)[O-])cc2)c1F. The van der Waals surface area contributed by atoms with E-state index in [4.69, 9.17) is 18.9 Å². The van der Waals surface area contributed by atoms with Crippen LogP contribution in [0.5, 0.6) is 23.0 Å². The Morgan fingerprint density at radius 3 is 2.03 bits per heavy atom. The van der Waals surface area contributed by atoms with Gasteiger partial charge in [-0.1, -0.05) is 12.2 Å². The molecule has 8 nitrogen and oxygen atoms in total. The zero-order valence-corrected chi connectivity index (χ0v) is 19.8. The maximum absolute atomic E-state index is 15.1. The zero-order chi connectivity index (χ0) is 24.7. The largest absolute Gasteiger partial charge is 0.494 e. The number of rotatable bonds is 10. The van der Waals surface area contributed by atoms with E-state index in [1.165, 1.54) is 46.6 Å². The average Bonchev–Trinajstić information content (AvgIpc) is 2.86. The summed E-state index contributed by atoms with van der Waals surface area (Å²) in [5.74, 6) is 0.976. The molecule has 3 rings (SSSR count). The highest BCUT2D eigenvalue weighted by atomic mass is 32.2. The summed E-state index contributed by atoms with van der Waals surface area (Å²) in [5.41, 5.74) is 1.48. The molecular weight excluding hydrogens is 463 g/mol. The van der Waals surface area contributed by atoms with Crippen molar-refractivity contribution in [2.45, 2.75) is 4.90 Å². The summed E-state index contributed by atoms with van der Waals surface area (Å²) in [4.78, 5) is 11.0. The van der Waals surface area contributed by atoms with E-state index in [-0.39, 0.29) is 17.1 Å². The molecule has 34 heavy (non-hydrogen) atoms. The fourth-order valence-corrected chi connectivity index (χ4v) is 3.80. The molecule has 0 saturated carbocycles. The summed E-state index contributed by atoms with van der Waals surface area (Å²) in [7, 11) is 5.97. The van der Waals surface area contributed by atoms with Crippen LogP contribution in [-0.2, 0) is 0 Å². The molecule has 0 unspecified atom stereocenters. The topological polar surface area (TPSA) is 92.1 Å². The minimum absolute atomic E-state index is 0.0223. The highest BCUT2D eigenvalue weighted by Gasteiger charge is 2.15. The van der Waals surface area contributed by atoms with Crippen molar-refractivity contribution in [1.29, 1.82) is 0 Å². The normalized spacial score (nSPS) is 10.7. The predicted molar refractivity (Wildman–Crippen MR) is 131 cm³/mol. The molecule has 0 aliphatic carbocycles. The Kier molecular flexibility index (Phi) is 8.20. The lowest BCUT2D eigenvalue weighted by Crippen LogP contribution is -1.98. The van der Waals surface area contributed by atoms with Gasteiger partial charge in [0.15, 0.2) is 23.1 Å². The molecule has 0 atom stereocenters. The fourth-order valence-electron chi connectivity index (χ4n) is 3.10. The molecule has 0 spiro atoms. The molecule has 0 bridgehead atoms. The van der Waals surface area contributed by atoms with Gasteiger partial charge in [0.05, 0.1) is 39.0 Å². The molecule has 3 aromatic rings. The molecule has 0 amide bonds. The summed E-state index contributed by atoms with van der Waals surface area (Å²) in [6.07, 6.45) is 3.52. The van der Waals surface area contributed by atoms with Gasteiger partial charge < -0.3 is 23.7 Å². The molecule has 0 aliphatic rings. The number of halogens is 1. The number of benzene rings is 3. The molecule has 3 aromatic carbocycles. The van der Waals surface area contributed by atoms with Gasteiger partial charge in [0, 0.05) is 22.6 Å². The van der Waals surface area contributed by atoms with E-state index in [1.807, 2.05) is 0 Å². The molecule has 0 saturated heterocycles. The molecule has 0 radical (unpaired) electrons. The van der Waals surface area contributed by atoms with Gasteiger partial charge in [0.2, 0.25) is 5.75 Å². The highest BCUT2D eigenvalue weighted by Crippen LogP contribution is 2.39. The van der Waals surface area contributed by atoms with E-state index >= 15 is 4.39 Å². The summed E-state index contributed by atoms with van der Waals surface area (Å²) in [6.45, 7) is 0. The first kappa shape index (κ1) is 24.7. The number of nitro benzene ring substituents is 1. The van der Waals surface area contributed by atoms with Crippen molar-refractivity contribution in [3.8, 4) is 23.0 Å². The van der Waals surface area contributed by atoms with Gasteiger partial charge in [0.1, 0.15) is 0 Å². The van der Waals surface area contributed by atoms with Crippen LogP contribution in [0.15, 0.2) is 53.4 Å². The van der Waals surface area contributed by atoms with E-state index < -0.39 is 10.7 Å². The van der Waals surface area contributed by atoms with Gasteiger partial charge >= 0.3 is 0 Å². The lowest BCUT2D eigenvalue weighted by atomic mass is 10.1. The Morgan fingerprint density at radius 1 is 0.882 bits per heavy atom. The molecule has 1 N–H and O–H groups in total. The van der Waals surface area contributed by atoms with Crippen LogP contribution >= 0.6 is 11.9 Å². The summed E-state index contributed by atoms with van der Waals surface area (Å²) in [5, 5.41) is 10.8. The van der Waals surface area contributed by atoms with Crippen molar-refractivity contribution in [2.75, 3.05) is 33.2 Å². The van der Waals surface area contributed by atoms with E-state index in [1.54, 1.807) is 42.5 Å². The van der Waals surface area contributed by atoms with E-state index in [2.05, 4.69) is 4.72 Å². The first-order valence-corrected chi connectivity index (χ1v) is 10.7. The van der Waals surface area contributed by atoms with Gasteiger partial charge in [-0.3, -0.25) is 10.1 Å². The third-order valence-electron chi connectivity index (χ3n) is 4.82. The second kappa shape index (κ2) is 11.3. The van der Waals surface area contributed by atoms with E-state index in [0.29, 0.717) is 27.7 Å². The average molecular weight is 487 g/mol. The van der Waals surface area contributed by atoms with Crippen LogP contribution in [0.1, 0.15) is 11.1 Å². The van der Waals surface area contributed by atoms with Crippen LogP contribution < -0.4 is 23.7 Å². The first-order valence-electron chi connectivity index (χ1n) is 9.93. The van der Waals surface area contributed by atoms with Crippen LogP contribution in [0.3, 0.4) is 0 Å². The minimum Gasteiger partial charge on any atom is -0.494 e. The van der Waals surface area contributed by atoms with Crippen molar-refractivity contribution in [3.63, 3.8) is 0 Å². The lowest BCUT2D eigenvalue weighted by molar-refractivity contribution is -0.384. The van der Waals surface area contributed by atoms with Gasteiger partial charge in [0.25, 0.3) is 5.69 Å². The smallest absolute Gasteiger partial charge is 0.269 e. The predicted octanol–water partition coefficient (Wildman–Crippen LogP) is 6.06. The molecule has 0 aromatic heterocycles. The molecule has 0 fully saturated rings. The van der Waals surface area contributed by atoms with Crippen LogP contribution in [0.2, 0.25) is 0 Å². The van der Waals surface area contributed by atoms with Crippen molar-refractivity contribution in [3.05, 3.63) is 75.6 Å². The number of non-ortho nitro benzene ring substituents is 1. The Bertz CT molecular complexity index is 1180. The maximum atomic E-state index is 15.1. The number of nitro groups is 1. The van der Waals surface area contributed by atoms with Crippen molar-refractivity contribution in [2.24, 2.45) is 0 Å². The van der Waals surface area contributed by atoms with Crippen LogP contribution in [0.4, 0.5) is 15.8 Å². The Labute approximate surface area is 200 Å². The molecule has 178 valence electrons. The number of ether oxygens (including phenoxy) is 4. The molecular formula is C24H23FN2O6S. The fraction of sp³-hybridized carbons (Fsp3) is 0.167. The lowest BCUT2D eigenvalue weighted by Gasteiger charge is -2.14. The summed E-state index contributed by atoms with van der Waals surface area (Å²) in [6, 6.07) is 12.7. The van der Waals surface area contributed by atoms with Gasteiger partial charge in [-0.05, 0) is 53.9 Å². The van der Waals surface area contributed by atoms with Gasteiger partial charge in [-0.15, -0.1) is 0 Å². The number of nitrogens with zero attached hydrogens (tertiary/aromatic N) is 1. The Hall–Kier alpha value is -3.92. The second-order valence-corrected chi connectivity index (χ2v) is 7.67. The quantitative estimate of drug-likeness (QED) is 0.160. The van der Waals surface area contributed by atoms with Crippen LogP contribution in [0, 0.1) is 15.9 Å². The highest BCUT2D eigenvalue weighted by molar-refractivity contribution is 8.00. The van der Waals surface area contributed by atoms with Gasteiger partial charge in [-0.25, -0.2) is 4.39 Å². The first-order chi connectivity index (χ1) is 16.4. The van der Waals surface area contributed by atoms with Crippen LogP contribution in [-0.4, -0.2) is 33.4 Å². The third-order valence-corrected chi connectivity index (χ3v) is 5.63. The van der Waals surface area contributed by atoms with Crippen molar-refractivity contribution >= 4 is 35.5 Å². The number of hydrogen-bond donors (Lipinski definition) is 1. The molecule has 0 aliphatic heterocycles. The van der Waals surface area contributed by atoms with Crippen molar-refractivity contribution in [1.82, 2.24) is 0 Å². The van der Waals surface area contributed by atoms with Gasteiger partial charge in [-0.2, -0.15) is 0 Å². The summed E-state index contributed by atoms with van der Waals surface area (Å²) < 4.78 is 39.3. The number of nitrogens with one attached hydrogen (secondary N) is 1. The maximum Gasteiger partial charge on any atom is 0.269 e.